The van der Waals surface area contributed by atoms with E-state index in [-0.39, 0.29) is 11.9 Å². The fourth-order valence-electron chi connectivity index (χ4n) is 3.69. The highest BCUT2D eigenvalue weighted by Crippen LogP contribution is 2.37. The largest absolute Gasteiger partial charge is 0.488 e. The molecule has 2 aromatic heterocycles. The van der Waals surface area contributed by atoms with Crippen molar-refractivity contribution in [3.63, 3.8) is 0 Å². The molecular formula is C20H22FN5O4S2. The molecule has 170 valence electrons. The predicted molar refractivity (Wildman–Crippen MR) is 120 cm³/mol. The van der Waals surface area contributed by atoms with Crippen molar-refractivity contribution < 1.29 is 22.3 Å². The lowest BCUT2D eigenvalue weighted by Gasteiger charge is -2.31. The number of hydrogen-bond donors (Lipinski definition) is 2. The minimum Gasteiger partial charge on any atom is -0.488 e. The Morgan fingerprint density at radius 2 is 2.03 bits per heavy atom. The quantitative estimate of drug-likeness (QED) is 0.556. The molecular weight excluding hydrogens is 457 g/mol. The number of ether oxygens (including phenoxy) is 1. The standard InChI is InChI=1S/C20H22FN5O4S2/c1-11-16-19(23-10-24-20(16)31-17(11)18(22)27)25-14-4-3-12(21)9-15(14)30-13-5-7-26(8-6-13)32(2,28)29/h3-4,9-10,13H,5-8H2,1-2H3,(H2,22,27)(H,23,24,25). The molecule has 0 aliphatic carbocycles. The molecule has 0 unspecified atom stereocenters. The third kappa shape index (κ3) is 4.52. The van der Waals surface area contributed by atoms with Gasteiger partial charge in [0, 0.05) is 19.2 Å². The zero-order chi connectivity index (χ0) is 23.0. The molecule has 9 nitrogen and oxygen atoms in total. The number of halogens is 1. The van der Waals surface area contributed by atoms with Crippen LogP contribution in [0.1, 0.15) is 28.1 Å². The summed E-state index contributed by atoms with van der Waals surface area (Å²) in [5.74, 6) is -0.269. The van der Waals surface area contributed by atoms with Crippen LogP contribution < -0.4 is 15.8 Å². The maximum absolute atomic E-state index is 14.0. The van der Waals surface area contributed by atoms with Crippen LogP contribution in [0.5, 0.6) is 5.75 Å². The molecule has 0 bridgehead atoms. The van der Waals surface area contributed by atoms with E-state index >= 15 is 0 Å². The number of thiophene rings is 1. The highest BCUT2D eigenvalue weighted by Gasteiger charge is 2.27. The number of carbonyl (C=O) groups excluding carboxylic acids is 1. The minimum absolute atomic E-state index is 0.259. The first kappa shape index (κ1) is 22.4. The van der Waals surface area contributed by atoms with E-state index < -0.39 is 21.7 Å². The smallest absolute Gasteiger partial charge is 0.259 e. The van der Waals surface area contributed by atoms with E-state index in [4.69, 9.17) is 10.5 Å². The molecule has 1 fully saturated rings. The first-order chi connectivity index (χ1) is 15.1. The molecule has 12 heteroatoms. The Bertz CT molecular complexity index is 1290. The number of anilines is 2. The molecule has 3 N–H and O–H groups in total. The van der Waals surface area contributed by atoms with E-state index in [9.17, 15) is 17.6 Å². The second-order valence-corrected chi connectivity index (χ2v) is 10.5. The second kappa shape index (κ2) is 8.60. The zero-order valence-corrected chi connectivity index (χ0v) is 19.1. The van der Waals surface area contributed by atoms with E-state index in [2.05, 4.69) is 15.3 Å². The molecule has 0 atom stereocenters. The van der Waals surface area contributed by atoms with Crippen molar-refractivity contribution in [3.05, 3.63) is 40.8 Å². The van der Waals surface area contributed by atoms with Gasteiger partial charge in [0.1, 0.15) is 34.6 Å². The molecule has 3 heterocycles. The van der Waals surface area contributed by atoms with E-state index in [0.29, 0.717) is 58.1 Å². The van der Waals surface area contributed by atoms with Gasteiger partial charge >= 0.3 is 0 Å². The number of rotatable bonds is 6. The van der Waals surface area contributed by atoms with Gasteiger partial charge in [-0.1, -0.05) is 0 Å². The van der Waals surface area contributed by atoms with Crippen molar-refractivity contribution in [1.82, 2.24) is 14.3 Å². The molecule has 1 saturated heterocycles. The van der Waals surface area contributed by atoms with Gasteiger partial charge < -0.3 is 15.8 Å². The summed E-state index contributed by atoms with van der Waals surface area (Å²) in [6.07, 6.45) is 3.28. The van der Waals surface area contributed by atoms with Crippen LogP contribution in [0.4, 0.5) is 15.9 Å². The molecule has 1 aromatic carbocycles. The van der Waals surface area contributed by atoms with Crippen LogP contribution in [0, 0.1) is 12.7 Å². The van der Waals surface area contributed by atoms with Gasteiger partial charge in [0.2, 0.25) is 10.0 Å². The summed E-state index contributed by atoms with van der Waals surface area (Å²) in [7, 11) is -3.25. The molecule has 1 amide bonds. The summed E-state index contributed by atoms with van der Waals surface area (Å²) in [5, 5.41) is 3.82. The summed E-state index contributed by atoms with van der Waals surface area (Å²) in [6, 6.07) is 4.12. The van der Waals surface area contributed by atoms with Crippen LogP contribution in [0.3, 0.4) is 0 Å². The first-order valence-electron chi connectivity index (χ1n) is 9.85. The Labute approximate surface area is 188 Å². The number of piperidine rings is 1. The SMILES string of the molecule is Cc1c(C(N)=O)sc2ncnc(Nc3ccc(F)cc3OC3CCN(S(C)(=O)=O)CC3)c12. The number of fused-ring (bicyclic) bond motifs is 1. The van der Waals surface area contributed by atoms with Gasteiger partial charge in [0.05, 0.1) is 22.2 Å². The lowest BCUT2D eigenvalue weighted by Crippen LogP contribution is -2.41. The van der Waals surface area contributed by atoms with E-state index in [1.807, 2.05) is 0 Å². The molecule has 0 saturated carbocycles. The van der Waals surface area contributed by atoms with Gasteiger partial charge in [-0.25, -0.2) is 27.1 Å². The lowest BCUT2D eigenvalue weighted by atomic mass is 10.1. The predicted octanol–water partition coefficient (Wildman–Crippen LogP) is 2.78. The average Bonchev–Trinajstić information content (AvgIpc) is 3.08. The molecule has 3 aromatic rings. The normalized spacial score (nSPS) is 15.7. The van der Waals surface area contributed by atoms with Crippen molar-refractivity contribution in [3.8, 4) is 5.75 Å². The van der Waals surface area contributed by atoms with E-state index in [1.165, 1.54) is 40.4 Å². The van der Waals surface area contributed by atoms with Crippen molar-refractivity contribution in [2.45, 2.75) is 25.9 Å². The molecule has 1 aliphatic heterocycles. The van der Waals surface area contributed by atoms with Gasteiger partial charge in [0.25, 0.3) is 5.91 Å². The Morgan fingerprint density at radius 3 is 2.69 bits per heavy atom. The van der Waals surface area contributed by atoms with Crippen molar-refractivity contribution in [1.29, 1.82) is 0 Å². The molecule has 1 aliphatic rings. The summed E-state index contributed by atoms with van der Waals surface area (Å²) in [4.78, 5) is 21.2. The maximum atomic E-state index is 14.0. The second-order valence-electron chi connectivity index (χ2n) is 7.57. The first-order valence-corrected chi connectivity index (χ1v) is 12.5. The number of sulfonamides is 1. The number of amides is 1. The Hall–Kier alpha value is -2.83. The number of aromatic nitrogens is 2. The van der Waals surface area contributed by atoms with Crippen LogP contribution in [0.25, 0.3) is 10.2 Å². The summed E-state index contributed by atoms with van der Waals surface area (Å²) in [6.45, 7) is 2.46. The van der Waals surface area contributed by atoms with Crippen LogP contribution in [0.2, 0.25) is 0 Å². The van der Waals surface area contributed by atoms with Gasteiger partial charge in [-0.05, 0) is 37.5 Å². The lowest BCUT2D eigenvalue weighted by molar-refractivity contribution is 0.100. The molecule has 0 radical (unpaired) electrons. The number of nitrogens with two attached hydrogens (primary N) is 1. The molecule has 32 heavy (non-hydrogen) atoms. The third-order valence-electron chi connectivity index (χ3n) is 5.31. The zero-order valence-electron chi connectivity index (χ0n) is 17.5. The average molecular weight is 480 g/mol. The minimum atomic E-state index is -3.25. The topological polar surface area (TPSA) is 128 Å². The van der Waals surface area contributed by atoms with Gasteiger partial charge in [0.15, 0.2) is 0 Å². The number of nitrogens with one attached hydrogen (secondary N) is 1. The number of aryl methyl sites for hydroxylation is 1. The Morgan fingerprint density at radius 1 is 1.31 bits per heavy atom. The summed E-state index contributed by atoms with van der Waals surface area (Å²) in [5.41, 5.74) is 6.62. The fraction of sp³-hybridized carbons (Fsp3) is 0.350. The summed E-state index contributed by atoms with van der Waals surface area (Å²) < 4.78 is 44.9. The number of nitrogens with zero attached hydrogens (tertiary/aromatic N) is 3. The fourth-order valence-corrected chi connectivity index (χ4v) is 5.56. The molecule has 0 spiro atoms. The number of benzene rings is 1. The number of hydrogen-bond acceptors (Lipinski definition) is 8. The number of carbonyl (C=O) groups is 1. The Kier molecular flexibility index (Phi) is 6.01. The van der Waals surface area contributed by atoms with Crippen LogP contribution >= 0.6 is 11.3 Å². The van der Waals surface area contributed by atoms with Crippen molar-refractivity contribution >= 4 is 49.0 Å². The molecule has 4 rings (SSSR count). The van der Waals surface area contributed by atoms with Crippen LogP contribution in [-0.4, -0.2) is 54.0 Å². The monoisotopic (exact) mass is 479 g/mol. The maximum Gasteiger partial charge on any atom is 0.259 e. The number of primary amides is 1. The van der Waals surface area contributed by atoms with E-state index in [1.54, 1.807) is 13.0 Å². The van der Waals surface area contributed by atoms with Gasteiger partial charge in [-0.2, -0.15) is 0 Å². The third-order valence-corrected chi connectivity index (χ3v) is 7.83. The Balaban J connectivity index is 1.61. The van der Waals surface area contributed by atoms with Crippen molar-refractivity contribution in [2.75, 3.05) is 24.7 Å². The highest BCUT2D eigenvalue weighted by atomic mass is 32.2. The van der Waals surface area contributed by atoms with Crippen LogP contribution in [0.15, 0.2) is 24.5 Å². The van der Waals surface area contributed by atoms with Gasteiger partial charge in [-0.15, -0.1) is 11.3 Å². The van der Waals surface area contributed by atoms with Crippen LogP contribution in [-0.2, 0) is 10.0 Å². The summed E-state index contributed by atoms with van der Waals surface area (Å²) >= 11 is 1.18. The highest BCUT2D eigenvalue weighted by molar-refractivity contribution is 7.88. The van der Waals surface area contributed by atoms with E-state index in [0.717, 1.165) is 0 Å². The van der Waals surface area contributed by atoms with Gasteiger partial charge in [-0.3, -0.25) is 4.79 Å². The van der Waals surface area contributed by atoms with Crippen molar-refractivity contribution in [2.24, 2.45) is 5.73 Å².